The van der Waals surface area contributed by atoms with E-state index in [1.807, 2.05) is 36.5 Å². The highest BCUT2D eigenvalue weighted by Crippen LogP contribution is 2.17. The second-order valence-electron chi connectivity index (χ2n) is 4.01. The second kappa shape index (κ2) is 4.87. The van der Waals surface area contributed by atoms with Crippen molar-refractivity contribution >= 4 is 11.0 Å². The summed E-state index contributed by atoms with van der Waals surface area (Å²) in [6.45, 7) is 0.606. The molecule has 0 aromatic carbocycles. The van der Waals surface area contributed by atoms with Crippen molar-refractivity contribution in [1.29, 1.82) is 0 Å². The van der Waals surface area contributed by atoms with Crippen LogP contribution in [-0.4, -0.2) is 21.6 Å². The zero-order chi connectivity index (χ0) is 12.2. The molecule has 0 saturated heterocycles. The number of hydrogen-bond acceptors (Lipinski definition) is 3. The van der Waals surface area contributed by atoms with E-state index in [9.17, 15) is 0 Å². The summed E-state index contributed by atoms with van der Waals surface area (Å²) >= 11 is 0. The number of ether oxygens (including phenoxy) is 1. The third kappa shape index (κ3) is 2.32. The van der Waals surface area contributed by atoms with Gasteiger partial charge in [-0.15, -0.1) is 0 Å². The van der Waals surface area contributed by atoms with Crippen LogP contribution in [-0.2, 0) is 6.42 Å². The normalized spacial score (nSPS) is 10.7. The summed E-state index contributed by atoms with van der Waals surface area (Å²) in [6.07, 6.45) is 6.20. The SMILES string of the molecule is c1ccc(CCOc2cnc3[nH]ccc3c2)nc1. The Kier molecular flexibility index (Phi) is 2.92. The molecule has 4 heteroatoms. The Morgan fingerprint density at radius 2 is 2.17 bits per heavy atom. The molecule has 0 amide bonds. The molecule has 0 spiro atoms. The lowest BCUT2D eigenvalue weighted by atomic mass is 10.3. The quantitative estimate of drug-likeness (QED) is 0.761. The monoisotopic (exact) mass is 239 g/mol. The minimum absolute atomic E-state index is 0.606. The molecule has 1 N–H and O–H groups in total. The average Bonchev–Trinajstić information content (AvgIpc) is 2.87. The van der Waals surface area contributed by atoms with E-state index in [1.54, 1.807) is 12.4 Å². The van der Waals surface area contributed by atoms with E-state index in [-0.39, 0.29) is 0 Å². The first-order valence-corrected chi connectivity index (χ1v) is 5.88. The highest BCUT2D eigenvalue weighted by molar-refractivity contribution is 5.76. The predicted molar refractivity (Wildman–Crippen MR) is 69.5 cm³/mol. The average molecular weight is 239 g/mol. The van der Waals surface area contributed by atoms with Crippen LogP contribution in [0.5, 0.6) is 5.75 Å². The van der Waals surface area contributed by atoms with Gasteiger partial charge in [-0.05, 0) is 24.3 Å². The zero-order valence-corrected chi connectivity index (χ0v) is 9.84. The summed E-state index contributed by atoms with van der Waals surface area (Å²) in [7, 11) is 0. The van der Waals surface area contributed by atoms with Crippen LogP contribution in [0.15, 0.2) is 48.9 Å². The van der Waals surface area contributed by atoms with Gasteiger partial charge in [0.05, 0.1) is 12.8 Å². The van der Waals surface area contributed by atoms with Gasteiger partial charge in [0.25, 0.3) is 0 Å². The van der Waals surface area contributed by atoms with Gasteiger partial charge in [-0.25, -0.2) is 4.98 Å². The highest BCUT2D eigenvalue weighted by Gasteiger charge is 2.00. The molecule has 18 heavy (non-hydrogen) atoms. The molecule has 0 saturated carbocycles. The van der Waals surface area contributed by atoms with Crippen LogP contribution in [0.25, 0.3) is 11.0 Å². The summed E-state index contributed by atoms with van der Waals surface area (Å²) < 4.78 is 5.67. The highest BCUT2D eigenvalue weighted by atomic mass is 16.5. The van der Waals surface area contributed by atoms with E-state index in [4.69, 9.17) is 4.74 Å². The standard InChI is InChI=1S/C14H13N3O/c1-2-6-15-12(3-1)5-8-18-13-9-11-4-7-16-14(11)17-10-13/h1-4,6-7,9-10H,5,8H2,(H,16,17). The van der Waals surface area contributed by atoms with E-state index >= 15 is 0 Å². The van der Waals surface area contributed by atoms with Gasteiger partial charge in [-0.2, -0.15) is 0 Å². The first kappa shape index (κ1) is 10.8. The number of aromatic amines is 1. The number of aromatic nitrogens is 3. The molecule has 0 radical (unpaired) electrons. The van der Waals surface area contributed by atoms with Gasteiger partial charge >= 0.3 is 0 Å². The molecule has 4 nitrogen and oxygen atoms in total. The summed E-state index contributed by atoms with van der Waals surface area (Å²) in [5.74, 6) is 0.790. The van der Waals surface area contributed by atoms with Gasteiger partial charge in [0.2, 0.25) is 0 Å². The minimum Gasteiger partial charge on any atom is -0.492 e. The summed E-state index contributed by atoms with van der Waals surface area (Å²) in [4.78, 5) is 11.6. The molecule has 0 unspecified atom stereocenters. The van der Waals surface area contributed by atoms with Crippen molar-refractivity contribution in [2.75, 3.05) is 6.61 Å². The van der Waals surface area contributed by atoms with Gasteiger partial charge in [-0.1, -0.05) is 6.07 Å². The van der Waals surface area contributed by atoms with Crippen LogP contribution in [0.2, 0.25) is 0 Å². The van der Waals surface area contributed by atoms with Crippen molar-refractivity contribution < 1.29 is 4.74 Å². The van der Waals surface area contributed by atoms with Crippen molar-refractivity contribution in [3.8, 4) is 5.75 Å². The van der Waals surface area contributed by atoms with Crippen molar-refractivity contribution in [1.82, 2.24) is 15.0 Å². The molecule has 0 bridgehead atoms. The Bertz CT molecular complexity index is 634. The van der Waals surface area contributed by atoms with E-state index < -0.39 is 0 Å². The van der Waals surface area contributed by atoms with Crippen LogP contribution >= 0.6 is 0 Å². The van der Waals surface area contributed by atoms with Gasteiger partial charge in [0.1, 0.15) is 11.4 Å². The molecule has 0 aliphatic rings. The Balaban J connectivity index is 1.62. The third-order valence-corrected chi connectivity index (χ3v) is 2.73. The van der Waals surface area contributed by atoms with Crippen LogP contribution in [0, 0.1) is 0 Å². The molecule has 3 aromatic heterocycles. The molecule has 3 rings (SSSR count). The van der Waals surface area contributed by atoms with Gasteiger partial charge in [-0.3, -0.25) is 4.98 Å². The fraction of sp³-hybridized carbons (Fsp3) is 0.143. The number of fused-ring (bicyclic) bond motifs is 1. The number of hydrogen-bond donors (Lipinski definition) is 1. The molecule has 0 atom stereocenters. The number of nitrogens with one attached hydrogen (secondary N) is 1. The van der Waals surface area contributed by atoms with Gasteiger partial charge < -0.3 is 9.72 Å². The van der Waals surface area contributed by atoms with Crippen molar-refractivity contribution in [3.05, 3.63) is 54.6 Å². The van der Waals surface area contributed by atoms with Gasteiger partial charge in [0.15, 0.2) is 0 Å². The Hall–Kier alpha value is -2.36. The van der Waals surface area contributed by atoms with E-state index in [2.05, 4.69) is 15.0 Å². The summed E-state index contributed by atoms with van der Waals surface area (Å²) in [6, 6.07) is 9.85. The topological polar surface area (TPSA) is 50.8 Å². The minimum atomic E-state index is 0.606. The lowest BCUT2D eigenvalue weighted by molar-refractivity contribution is 0.320. The maximum atomic E-state index is 5.67. The third-order valence-electron chi connectivity index (χ3n) is 2.73. The van der Waals surface area contributed by atoms with Crippen LogP contribution in [0.3, 0.4) is 0 Å². The molecular weight excluding hydrogens is 226 g/mol. The molecule has 0 aliphatic heterocycles. The first-order chi connectivity index (χ1) is 8.92. The predicted octanol–water partition coefficient (Wildman–Crippen LogP) is 2.58. The van der Waals surface area contributed by atoms with Gasteiger partial charge in [0, 0.05) is 29.9 Å². The maximum absolute atomic E-state index is 5.67. The molecule has 3 heterocycles. The smallest absolute Gasteiger partial charge is 0.138 e. The van der Waals surface area contributed by atoms with Crippen molar-refractivity contribution in [3.63, 3.8) is 0 Å². The van der Waals surface area contributed by atoms with Crippen molar-refractivity contribution in [2.24, 2.45) is 0 Å². The maximum Gasteiger partial charge on any atom is 0.138 e. The van der Waals surface area contributed by atoms with Crippen molar-refractivity contribution in [2.45, 2.75) is 6.42 Å². The number of H-pyrrole nitrogens is 1. The fourth-order valence-electron chi connectivity index (χ4n) is 1.82. The molecule has 3 aromatic rings. The van der Waals surface area contributed by atoms with E-state index in [0.717, 1.165) is 28.9 Å². The zero-order valence-electron chi connectivity index (χ0n) is 9.84. The largest absolute Gasteiger partial charge is 0.492 e. The summed E-state index contributed by atoms with van der Waals surface area (Å²) in [5, 5.41) is 1.06. The molecular formula is C14H13N3O. The molecule has 0 fully saturated rings. The Morgan fingerprint density at radius 3 is 3.06 bits per heavy atom. The number of nitrogens with zero attached hydrogens (tertiary/aromatic N) is 2. The Morgan fingerprint density at radius 1 is 1.17 bits per heavy atom. The van der Waals surface area contributed by atoms with Crippen LogP contribution in [0.4, 0.5) is 0 Å². The number of pyridine rings is 2. The van der Waals surface area contributed by atoms with Crippen LogP contribution < -0.4 is 4.74 Å². The lowest BCUT2D eigenvalue weighted by Crippen LogP contribution is -2.02. The van der Waals surface area contributed by atoms with E-state index in [1.165, 1.54) is 0 Å². The van der Waals surface area contributed by atoms with Crippen LogP contribution in [0.1, 0.15) is 5.69 Å². The first-order valence-electron chi connectivity index (χ1n) is 5.88. The summed E-state index contributed by atoms with van der Waals surface area (Å²) in [5.41, 5.74) is 1.92. The number of rotatable bonds is 4. The fourth-order valence-corrected chi connectivity index (χ4v) is 1.82. The van der Waals surface area contributed by atoms with E-state index in [0.29, 0.717) is 6.61 Å². The molecule has 90 valence electrons. The lowest BCUT2D eigenvalue weighted by Gasteiger charge is -2.05. The Labute approximate surface area is 105 Å². The molecule has 0 aliphatic carbocycles. The second-order valence-corrected chi connectivity index (χ2v) is 4.01.